The summed E-state index contributed by atoms with van der Waals surface area (Å²) in [4.78, 5) is 41.7. The minimum atomic E-state index is -0.414. The first-order chi connectivity index (χ1) is 15.3. The van der Waals surface area contributed by atoms with E-state index in [1.54, 1.807) is 42.2 Å². The van der Waals surface area contributed by atoms with E-state index in [0.717, 1.165) is 4.57 Å². The molecule has 0 unspecified atom stereocenters. The number of benzene rings is 1. The molecule has 32 heavy (non-hydrogen) atoms. The molecular weight excluding hydrogens is 438 g/mol. The van der Waals surface area contributed by atoms with E-state index in [0.29, 0.717) is 42.4 Å². The van der Waals surface area contributed by atoms with Crippen molar-refractivity contribution in [3.63, 3.8) is 0 Å². The number of imidazole rings is 1. The lowest BCUT2D eigenvalue weighted by Crippen LogP contribution is -2.37. The van der Waals surface area contributed by atoms with Crippen molar-refractivity contribution in [3.8, 4) is 0 Å². The number of aliphatic imine (C=N–C) groups is 2. The molecule has 0 aliphatic carbocycles. The van der Waals surface area contributed by atoms with Crippen LogP contribution in [0.2, 0.25) is 5.02 Å². The molecular formula is C19H24ClN9O3. The van der Waals surface area contributed by atoms with Crippen LogP contribution in [0, 0.1) is 0 Å². The zero-order chi connectivity index (χ0) is 23.3. The van der Waals surface area contributed by atoms with Crippen LogP contribution in [0.25, 0.3) is 11.2 Å². The molecule has 1 aromatic carbocycles. The summed E-state index contributed by atoms with van der Waals surface area (Å²) in [5.74, 6) is -0.0728. The van der Waals surface area contributed by atoms with Crippen LogP contribution in [0.3, 0.4) is 0 Å². The van der Waals surface area contributed by atoms with Crippen LogP contribution in [-0.4, -0.2) is 37.2 Å². The van der Waals surface area contributed by atoms with Gasteiger partial charge >= 0.3 is 5.69 Å². The zero-order valence-electron chi connectivity index (χ0n) is 17.7. The molecule has 0 bridgehead atoms. The second kappa shape index (κ2) is 10.1. The molecule has 0 atom stereocenters. The number of nitrogens with zero attached hydrogens (tertiary/aromatic N) is 6. The van der Waals surface area contributed by atoms with Gasteiger partial charge in [0.25, 0.3) is 5.56 Å². The fourth-order valence-corrected chi connectivity index (χ4v) is 3.13. The maximum absolute atomic E-state index is 12.2. The molecule has 0 saturated carbocycles. The molecule has 170 valence electrons. The molecule has 2 heterocycles. The van der Waals surface area contributed by atoms with Gasteiger partial charge in [-0.25, -0.2) is 20.3 Å². The van der Waals surface area contributed by atoms with Crippen molar-refractivity contribution in [3.05, 3.63) is 56.5 Å². The van der Waals surface area contributed by atoms with Crippen LogP contribution >= 0.6 is 11.6 Å². The molecule has 0 spiro atoms. The summed E-state index contributed by atoms with van der Waals surface area (Å²) in [6.07, 6.45) is 2.94. The van der Waals surface area contributed by atoms with Crippen LogP contribution in [0.4, 0.5) is 5.69 Å². The van der Waals surface area contributed by atoms with Gasteiger partial charge in [0.1, 0.15) is 5.65 Å². The average Bonchev–Trinajstić information content (AvgIpc) is 3.18. The number of hydrogen-bond donors (Lipinski definition) is 3. The largest absolute Gasteiger partial charge is 0.368 e. The van der Waals surface area contributed by atoms with Crippen molar-refractivity contribution in [1.82, 2.24) is 24.2 Å². The summed E-state index contributed by atoms with van der Waals surface area (Å²) in [7, 11) is 3.04. The quantitative estimate of drug-likeness (QED) is 0.198. The molecule has 5 N–H and O–H groups in total. The second-order valence-corrected chi connectivity index (χ2v) is 7.35. The Hall–Kier alpha value is -3.64. The highest BCUT2D eigenvalue weighted by Gasteiger charge is 2.13. The van der Waals surface area contributed by atoms with Crippen molar-refractivity contribution in [2.75, 3.05) is 6.61 Å². The SMILES string of the molecule is Cn1c(=O)c2ncn(CCCCON/C(N)=N\C(N)=Nc3ccc(Cl)cc3)c2n(C)c1=O. The fraction of sp³-hybridized carbons (Fsp3) is 0.316. The molecule has 0 fully saturated rings. The highest BCUT2D eigenvalue weighted by Crippen LogP contribution is 2.16. The van der Waals surface area contributed by atoms with Crippen molar-refractivity contribution in [1.29, 1.82) is 0 Å². The molecule has 3 aromatic rings. The number of guanidine groups is 2. The first kappa shape index (κ1) is 23.0. The summed E-state index contributed by atoms with van der Waals surface area (Å²) in [6, 6.07) is 6.77. The minimum Gasteiger partial charge on any atom is -0.368 e. The number of hydrogen-bond acceptors (Lipinski definition) is 5. The van der Waals surface area contributed by atoms with E-state index in [2.05, 4.69) is 20.4 Å². The first-order valence-electron chi connectivity index (χ1n) is 9.70. The van der Waals surface area contributed by atoms with Gasteiger partial charge in [-0.3, -0.25) is 18.8 Å². The predicted octanol–water partition coefficient (Wildman–Crippen LogP) is 0.350. The Morgan fingerprint density at radius 2 is 1.88 bits per heavy atom. The second-order valence-electron chi connectivity index (χ2n) is 6.92. The molecule has 2 aromatic heterocycles. The van der Waals surface area contributed by atoms with E-state index in [1.807, 2.05) is 0 Å². The highest BCUT2D eigenvalue weighted by molar-refractivity contribution is 6.30. The summed E-state index contributed by atoms with van der Waals surface area (Å²) < 4.78 is 4.22. The summed E-state index contributed by atoms with van der Waals surface area (Å²) in [5, 5.41) is 0.593. The maximum Gasteiger partial charge on any atom is 0.332 e. The predicted molar refractivity (Wildman–Crippen MR) is 123 cm³/mol. The Kier molecular flexibility index (Phi) is 7.28. The Labute approximate surface area is 187 Å². The number of hydroxylamine groups is 1. The van der Waals surface area contributed by atoms with E-state index in [-0.39, 0.29) is 17.4 Å². The molecule has 0 aliphatic rings. The van der Waals surface area contributed by atoms with Gasteiger partial charge in [0.15, 0.2) is 5.52 Å². The third-order valence-corrected chi connectivity index (χ3v) is 4.84. The normalized spacial score (nSPS) is 12.5. The first-order valence-corrected chi connectivity index (χ1v) is 10.1. The van der Waals surface area contributed by atoms with Crippen molar-refractivity contribution < 1.29 is 4.84 Å². The molecule has 0 amide bonds. The van der Waals surface area contributed by atoms with E-state index in [9.17, 15) is 9.59 Å². The fourth-order valence-electron chi connectivity index (χ4n) is 3.00. The third-order valence-electron chi connectivity index (χ3n) is 4.59. The van der Waals surface area contributed by atoms with E-state index < -0.39 is 11.2 Å². The lowest BCUT2D eigenvalue weighted by molar-refractivity contribution is 0.0805. The Balaban J connectivity index is 1.47. The minimum absolute atomic E-state index is 0.0355. The third kappa shape index (κ3) is 5.34. The number of rotatable bonds is 7. The Bertz CT molecular complexity index is 1270. The van der Waals surface area contributed by atoms with Gasteiger partial charge in [-0.1, -0.05) is 11.6 Å². The van der Waals surface area contributed by atoms with Crippen LogP contribution in [0.1, 0.15) is 12.8 Å². The van der Waals surface area contributed by atoms with Crippen molar-refractivity contribution in [2.45, 2.75) is 19.4 Å². The number of nitrogens with two attached hydrogens (primary N) is 2. The monoisotopic (exact) mass is 461 g/mol. The van der Waals surface area contributed by atoms with Gasteiger partial charge in [-0.15, -0.1) is 0 Å². The number of aryl methyl sites for hydroxylation is 2. The summed E-state index contributed by atoms with van der Waals surface area (Å²) >= 11 is 5.82. The highest BCUT2D eigenvalue weighted by atomic mass is 35.5. The number of fused-ring (bicyclic) bond motifs is 1. The molecule has 12 nitrogen and oxygen atoms in total. The smallest absolute Gasteiger partial charge is 0.332 e. The lowest BCUT2D eigenvalue weighted by Gasteiger charge is -2.09. The molecule has 3 rings (SSSR count). The lowest BCUT2D eigenvalue weighted by atomic mass is 10.3. The maximum atomic E-state index is 12.2. The molecule has 13 heteroatoms. The van der Waals surface area contributed by atoms with Gasteiger partial charge in [0, 0.05) is 25.7 Å². The Morgan fingerprint density at radius 1 is 1.16 bits per heavy atom. The van der Waals surface area contributed by atoms with E-state index in [4.69, 9.17) is 27.9 Å². The van der Waals surface area contributed by atoms with Crippen LogP contribution in [0.15, 0.2) is 50.2 Å². The van der Waals surface area contributed by atoms with Gasteiger partial charge in [-0.2, -0.15) is 4.99 Å². The number of nitrogens with one attached hydrogen (secondary N) is 1. The number of aromatic nitrogens is 4. The van der Waals surface area contributed by atoms with E-state index >= 15 is 0 Å². The van der Waals surface area contributed by atoms with Crippen LogP contribution in [-0.2, 0) is 25.5 Å². The molecule has 0 aliphatic heterocycles. The summed E-state index contributed by atoms with van der Waals surface area (Å²) in [5.41, 5.74) is 14.5. The number of unbranched alkanes of at least 4 members (excludes halogenated alkanes) is 1. The van der Waals surface area contributed by atoms with Crippen LogP contribution in [0.5, 0.6) is 0 Å². The summed E-state index contributed by atoms with van der Waals surface area (Å²) in [6.45, 7) is 0.905. The van der Waals surface area contributed by atoms with Gasteiger partial charge in [0.05, 0.1) is 18.6 Å². The van der Waals surface area contributed by atoms with Crippen LogP contribution < -0.4 is 28.2 Å². The molecule has 0 radical (unpaired) electrons. The number of halogens is 1. The van der Waals surface area contributed by atoms with Gasteiger partial charge < -0.3 is 16.0 Å². The topological polar surface area (TPSA) is 160 Å². The van der Waals surface area contributed by atoms with Crippen molar-refractivity contribution >= 4 is 40.4 Å². The van der Waals surface area contributed by atoms with Gasteiger partial charge in [0.2, 0.25) is 11.9 Å². The zero-order valence-corrected chi connectivity index (χ0v) is 18.4. The van der Waals surface area contributed by atoms with E-state index in [1.165, 1.54) is 11.6 Å². The average molecular weight is 462 g/mol. The van der Waals surface area contributed by atoms with Gasteiger partial charge in [-0.05, 0) is 37.1 Å². The Morgan fingerprint density at radius 3 is 2.59 bits per heavy atom. The standard InChI is InChI=1S/C19H24ClN9O3/c1-27-15-14(16(30)28(2)19(27)31)23-11-29(15)9-3-4-10-32-26-18(22)25-17(21)24-13-7-5-12(20)6-8-13/h5-8,11H,3-4,9-10H2,1-2H3,(H5,21,22,24,25,26). The van der Waals surface area contributed by atoms with Crippen molar-refractivity contribution in [2.24, 2.45) is 35.5 Å². The molecule has 0 saturated heterocycles.